The summed E-state index contributed by atoms with van der Waals surface area (Å²) in [6.07, 6.45) is 0. The zero-order valence-corrected chi connectivity index (χ0v) is 12.4. The smallest absolute Gasteiger partial charge is 0.230 e. The second-order valence-electron chi connectivity index (χ2n) is 3.35. The number of rotatable bonds is 2. The Bertz CT molecular complexity index is 336. The van der Waals surface area contributed by atoms with Gasteiger partial charge in [0.05, 0.1) is 0 Å². The first-order chi connectivity index (χ1) is 6.60. The van der Waals surface area contributed by atoms with Crippen LogP contribution in [0.1, 0.15) is 16.7 Å². The maximum atomic E-state index is 13.5. The Kier molecular flexibility index (Phi) is 4.06. The molecule has 0 spiro atoms. The molecule has 1 rings (SSSR count). The Balaban J connectivity index is 3.30. The molecule has 0 radical (unpaired) electrons. The summed E-state index contributed by atoms with van der Waals surface area (Å²) in [6, 6.07) is 4.09. The molecule has 0 aliphatic carbocycles. The third kappa shape index (κ3) is 3.83. The lowest BCUT2D eigenvalue weighted by molar-refractivity contribution is 0.127. The molecule has 0 aliphatic rings. The minimum atomic E-state index is -2.97. The van der Waals surface area contributed by atoms with E-state index in [0.29, 0.717) is 5.56 Å². The summed E-state index contributed by atoms with van der Waals surface area (Å²) in [5.74, 6) is 0. The van der Waals surface area contributed by atoms with Gasteiger partial charge >= 0.3 is 3.93 Å². The molecule has 1 aromatic carbocycles. The van der Waals surface area contributed by atoms with Crippen molar-refractivity contribution in [3.8, 4) is 0 Å². The summed E-state index contributed by atoms with van der Waals surface area (Å²) < 4.78 is 36.7. The molecule has 0 fully saturated rings. The Morgan fingerprint density at radius 1 is 1.07 bits per heavy atom. The quantitative estimate of drug-likeness (QED) is 0.417. The number of halogens is 4. The molecule has 2 atom stereocenters. The van der Waals surface area contributed by atoms with Crippen LogP contribution in [0.15, 0.2) is 18.2 Å². The molecule has 0 amide bonds. The molecule has 0 N–H and O–H groups in total. The molecule has 15 heavy (non-hydrogen) atoms. The van der Waals surface area contributed by atoms with Gasteiger partial charge in [0.2, 0.25) is 0 Å². The highest BCUT2D eigenvalue weighted by atomic mass is 127. The molecule has 0 saturated heterocycles. The molecule has 1 aromatic rings. The van der Waals surface area contributed by atoms with E-state index >= 15 is 0 Å². The van der Waals surface area contributed by atoms with Crippen molar-refractivity contribution in [3.05, 3.63) is 34.9 Å². The van der Waals surface area contributed by atoms with Crippen LogP contribution in [0.4, 0.5) is 13.2 Å². The lowest BCUT2D eigenvalue weighted by Gasteiger charge is -2.18. The summed E-state index contributed by atoms with van der Waals surface area (Å²) in [6.45, 7) is 1.66. The third-order valence-corrected chi connectivity index (χ3v) is 3.14. The first-order valence-corrected chi connectivity index (χ1v) is 6.30. The zero-order chi connectivity index (χ0) is 11.9. The van der Waals surface area contributed by atoms with Crippen LogP contribution in [0.2, 0.25) is 0 Å². The van der Waals surface area contributed by atoms with Gasteiger partial charge in [-0.3, -0.25) is 0 Å². The molecule has 0 bridgehead atoms. The van der Waals surface area contributed by atoms with E-state index in [1.165, 1.54) is 12.1 Å². The highest BCUT2D eigenvalue weighted by Gasteiger charge is 2.29. The topological polar surface area (TPSA) is 0 Å². The largest absolute Gasteiger partial charge is 0.321 e. The third-order valence-electron chi connectivity index (χ3n) is 1.85. The van der Waals surface area contributed by atoms with E-state index in [9.17, 15) is 13.2 Å². The minimum absolute atomic E-state index is 0.176. The van der Waals surface area contributed by atoms with E-state index in [2.05, 4.69) is 0 Å². The van der Waals surface area contributed by atoms with Gasteiger partial charge in [-0.05, 0) is 24.6 Å². The van der Waals surface area contributed by atoms with Crippen LogP contribution < -0.4 is 0 Å². The first-order valence-electron chi connectivity index (χ1n) is 4.07. The lowest BCUT2D eigenvalue weighted by atomic mass is 10.1. The van der Waals surface area contributed by atoms with Crippen LogP contribution in [0.5, 0.6) is 0 Å². The average Bonchev–Trinajstić information content (AvgIpc) is 1.99. The van der Waals surface area contributed by atoms with Crippen molar-refractivity contribution in [1.82, 2.24) is 0 Å². The lowest BCUT2D eigenvalue weighted by Crippen LogP contribution is -2.07. The van der Waals surface area contributed by atoms with Gasteiger partial charge < -0.3 is 0 Å². The predicted octanol–water partition coefficient (Wildman–Crippen LogP) is 4.31. The fourth-order valence-electron chi connectivity index (χ4n) is 1.17. The van der Waals surface area contributed by atoms with Gasteiger partial charge in [0.1, 0.15) is 0 Å². The van der Waals surface area contributed by atoms with Crippen molar-refractivity contribution >= 4 is 41.1 Å². The fourth-order valence-corrected chi connectivity index (χ4v) is 1.81. The monoisotopic (exact) mass is 364 g/mol. The van der Waals surface area contributed by atoms with Gasteiger partial charge in [-0.2, -0.15) is 8.78 Å². The SMILES string of the molecule is Cc1cc(C(F)(P)P)cc(C(F)(F)I)c1. The van der Waals surface area contributed by atoms with Crippen LogP contribution in [0.3, 0.4) is 0 Å². The first kappa shape index (κ1) is 13.7. The van der Waals surface area contributed by atoms with Gasteiger partial charge in [-0.1, -0.05) is 30.1 Å². The van der Waals surface area contributed by atoms with Crippen molar-refractivity contribution in [2.45, 2.75) is 16.0 Å². The molecular weight excluding hydrogens is 354 g/mol. The van der Waals surface area contributed by atoms with E-state index in [-0.39, 0.29) is 11.1 Å². The predicted molar refractivity (Wildman–Crippen MR) is 71.3 cm³/mol. The van der Waals surface area contributed by atoms with Crippen LogP contribution >= 0.6 is 41.1 Å². The van der Waals surface area contributed by atoms with E-state index in [1.807, 2.05) is 18.5 Å². The van der Waals surface area contributed by atoms with Crippen LogP contribution in [-0.2, 0) is 9.08 Å². The van der Waals surface area contributed by atoms with E-state index in [1.54, 1.807) is 13.0 Å². The summed E-state index contributed by atoms with van der Waals surface area (Å²) >= 11 is 1.03. The molecular formula is C9H10F3IP2. The number of alkyl halides is 4. The second-order valence-corrected chi connectivity index (χ2v) is 7.06. The van der Waals surface area contributed by atoms with Gasteiger partial charge in [-0.15, -0.1) is 0 Å². The molecule has 0 aromatic heterocycles. The number of hydrogen-bond acceptors (Lipinski definition) is 0. The minimum Gasteiger partial charge on any atom is -0.230 e. The molecule has 0 aliphatic heterocycles. The van der Waals surface area contributed by atoms with E-state index in [4.69, 9.17) is 0 Å². The molecule has 84 valence electrons. The highest BCUT2D eigenvalue weighted by molar-refractivity contribution is 14.1. The van der Waals surface area contributed by atoms with E-state index in [0.717, 1.165) is 22.6 Å². The Morgan fingerprint density at radius 3 is 1.93 bits per heavy atom. The van der Waals surface area contributed by atoms with Gasteiger partial charge in [-0.25, -0.2) is 4.39 Å². The fraction of sp³-hybridized carbons (Fsp3) is 0.333. The van der Waals surface area contributed by atoms with Crippen LogP contribution in [-0.4, -0.2) is 0 Å². The summed E-state index contributed by atoms with van der Waals surface area (Å²) in [5.41, 5.74) is 0.652. The molecule has 0 nitrogen and oxygen atoms in total. The van der Waals surface area contributed by atoms with Crippen molar-refractivity contribution in [2.75, 3.05) is 0 Å². The molecule has 6 heteroatoms. The Hall–Kier alpha value is 0.600. The van der Waals surface area contributed by atoms with Crippen molar-refractivity contribution < 1.29 is 13.2 Å². The maximum Gasteiger partial charge on any atom is 0.321 e. The number of hydrogen-bond donors (Lipinski definition) is 0. The average molecular weight is 364 g/mol. The number of benzene rings is 1. The number of aryl methyl sites for hydroxylation is 1. The van der Waals surface area contributed by atoms with Crippen LogP contribution in [0, 0.1) is 6.92 Å². The van der Waals surface area contributed by atoms with Crippen molar-refractivity contribution in [2.24, 2.45) is 0 Å². The summed E-state index contributed by atoms with van der Waals surface area (Å²) in [4.78, 5) is 0. The van der Waals surface area contributed by atoms with Crippen molar-refractivity contribution in [1.29, 1.82) is 0 Å². The summed E-state index contributed by atoms with van der Waals surface area (Å²) in [5, 5.41) is -1.76. The second kappa shape index (κ2) is 4.46. The van der Waals surface area contributed by atoms with Gasteiger partial charge in [0, 0.05) is 28.2 Å². The summed E-state index contributed by atoms with van der Waals surface area (Å²) in [7, 11) is 3.93. The Morgan fingerprint density at radius 2 is 1.53 bits per heavy atom. The van der Waals surface area contributed by atoms with Crippen molar-refractivity contribution in [3.63, 3.8) is 0 Å². The van der Waals surface area contributed by atoms with Gasteiger partial charge in [0.25, 0.3) is 0 Å². The zero-order valence-electron chi connectivity index (χ0n) is 7.90. The highest BCUT2D eigenvalue weighted by Crippen LogP contribution is 2.43. The molecule has 2 unspecified atom stereocenters. The standard InChI is InChI=1S/C9H10F3IP2/c1-5-2-6(8(10,11)13)4-7(3-5)9(12,14)15/h2-4H,14-15H2,1H3. The Labute approximate surface area is 105 Å². The molecule has 0 saturated carbocycles. The maximum absolute atomic E-state index is 13.5. The van der Waals surface area contributed by atoms with E-state index < -0.39 is 9.08 Å². The molecule has 0 heterocycles. The normalized spacial score (nSPS) is 13.0. The van der Waals surface area contributed by atoms with Crippen LogP contribution in [0.25, 0.3) is 0 Å². The van der Waals surface area contributed by atoms with Gasteiger partial charge in [0.15, 0.2) is 5.15 Å².